The number of rotatable bonds is 3. The highest BCUT2D eigenvalue weighted by molar-refractivity contribution is 5.80. The average Bonchev–Trinajstić information content (AvgIpc) is 3.28. The third kappa shape index (κ3) is 3.31. The quantitative estimate of drug-likeness (QED) is 0.671. The summed E-state index contributed by atoms with van der Waals surface area (Å²) in [5, 5.41) is 12.0. The summed E-state index contributed by atoms with van der Waals surface area (Å²) < 4.78 is 2.23. The second-order valence-electron chi connectivity index (χ2n) is 6.50. The van der Waals surface area contributed by atoms with E-state index in [9.17, 15) is 0 Å². The van der Waals surface area contributed by atoms with E-state index in [1.807, 2.05) is 7.05 Å². The summed E-state index contributed by atoms with van der Waals surface area (Å²) in [6.07, 6.45) is 2.22. The van der Waals surface area contributed by atoms with Gasteiger partial charge in [-0.15, -0.1) is 10.2 Å². The van der Waals surface area contributed by atoms with Gasteiger partial charge in [0, 0.05) is 51.9 Å². The number of guanidine groups is 1. The molecule has 25 heavy (non-hydrogen) atoms. The standard InChI is InChI=1S/C18H25N7/c1-19-18(20-14-17-22-21-16-8-5-9-25(16)17)24-12-10-23(11-13-24)15-6-3-2-4-7-15/h2-4,6-7H,5,8-14H2,1H3,(H,19,20). The fraction of sp³-hybridized carbons (Fsp3) is 0.500. The Kier molecular flexibility index (Phi) is 4.54. The highest BCUT2D eigenvalue weighted by atomic mass is 15.4. The van der Waals surface area contributed by atoms with E-state index < -0.39 is 0 Å². The zero-order valence-corrected chi connectivity index (χ0v) is 14.7. The highest BCUT2D eigenvalue weighted by Gasteiger charge is 2.21. The van der Waals surface area contributed by atoms with Crippen molar-refractivity contribution < 1.29 is 0 Å². The van der Waals surface area contributed by atoms with Crippen LogP contribution in [-0.4, -0.2) is 58.9 Å². The zero-order valence-electron chi connectivity index (χ0n) is 14.7. The molecule has 7 heteroatoms. The zero-order chi connectivity index (χ0) is 17.1. The first-order valence-electron chi connectivity index (χ1n) is 9.01. The van der Waals surface area contributed by atoms with Gasteiger partial charge < -0.3 is 19.7 Å². The molecule has 1 aromatic carbocycles. The molecule has 0 radical (unpaired) electrons. The van der Waals surface area contributed by atoms with Gasteiger partial charge in [-0.3, -0.25) is 4.99 Å². The molecule has 2 aromatic rings. The first-order chi connectivity index (χ1) is 12.3. The normalized spacial score (nSPS) is 17.7. The molecule has 0 aliphatic carbocycles. The maximum atomic E-state index is 4.46. The SMILES string of the molecule is CN=C(NCc1nnc2n1CCC2)N1CCN(c2ccccc2)CC1. The van der Waals surface area contributed by atoms with E-state index >= 15 is 0 Å². The number of benzene rings is 1. The van der Waals surface area contributed by atoms with Crippen molar-refractivity contribution >= 4 is 11.6 Å². The summed E-state index contributed by atoms with van der Waals surface area (Å²) >= 11 is 0. The average molecular weight is 339 g/mol. The van der Waals surface area contributed by atoms with Crippen molar-refractivity contribution in [3.8, 4) is 0 Å². The lowest BCUT2D eigenvalue weighted by atomic mass is 10.2. The van der Waals surface area contributed by atoms with Crippen LogP contribution in [0.15, 0.2) is 35.3 Å². The van der Waals surface area contributed by atoms with Gasteiger partial charge in [0.2, 0.25) is 0 Å². The van der Waals surface area contributed by atoms with Crippen molar-refractivity contribution in [1.82, 2.24) is 25.0 Å². The van der Waals surface area contributed by atoms with Crippen LogP contribution in [0.3, 0.4) is 0 Å². The number of aryl methyl sites for hydroxylation is 1. The minimum atomic E-state index is 0.679. The van der Waals surface area contributed by atoms with Gasteiger partial charge in [0.25, 0.3) is 0 Å². The summed E-state index contributed by atoms with van der Waals surface area (Å²) in [5.41, 5.74) is 1.30. The van der Waals surface area contributed by atoms with E-state index in [4.69, 9.17) is 0 Å². The van der Waals surface area contributed by atoms with Crippen LogP contribution in [0.1, 0.15) is 18.1 Å². The van der Waals surface area contributed by atoms with E-state index in [1.165, 1.54) is 12.1 Å². The van der Waals surface area contributed by atoms with Gasteiger partial charge in [-0.05, 0) is 18.6 Å². The van der Waals surface area contributed by atoms with Crippen LogP contribution in [0.4, 0.5) is 5.69 Å². The van der Waals surface area contributed by atoms with Gasteiger partial charge in [-0.2, -0.15) is 0 Å². The molecule has 2 aliphatic rings. The number of hydrogen-bond acceptors (Lipinski definition) is 4. The second-order valence-corrected chi connectivity index (χ2v) is 6.50. The van der Waals surface area contributed by atoms with Crippen molar-refractivity contribution in [3.05, 3.63) is 42.0 Å². The smallest absolute Gasteiger partial charge is 0.194 e. The lowest BCUT2D eigenvalue weighted by Crippen LogP contribution is -2.52. The van der Waals surface area contributed by atoms with Crippen LogP contribution in [0.2, 0.25) is 0 Å². The van der Waals surface area contributed by atoms with Gasteiger partial charge >= 0.3 is 0 Å². The number of aliphatic imine (C=N–C) groups is 1. The number of piperazine rings is 1. The first-order valence-corrected chi connectivity index (χ1v) is 9.01. The van der Waals surface area contributed by atoms with Gasteiger partial charge in [-0.1, -0.05) is 18.2 Å². The van der Waals surface area contributed by atoms with Gasteiger partial charge in [0.15, 0.2) is 11.8 Å². The number of aromatic nitrogens is 3. The number of anilines is 1. The molecule has 0 atom stereocenters. The van der Waals surface area contributed by atoms with Crippen LogP contribution in [0.25, 0.3) is 0 Å². The molecule has 1 fully saturated rings. The molecule has 0 spiro atoms. The lowest BCUT2D eigenvalue weighted by molar-refractivity contribution is 0.371. The maximum Gasteiger partial charge on any atom is 0.194 e. The van der Waals surface area contributed by atoms with Crippen LogP contribution >= 0.6 is 0 Å². The van der Waals surface area contributed by atoms with E-state index in [0.717, 1.165) is 56.8 Å². The third-order valence-electron chi connectivity index (χ3n) is 5.00. The molecule has 3 heterocycles. The van der Waals surface area contributed by atoms with Crippen molar-refractivity contribution in [2.24, 2.45) is 4.99 Å². The number of para-hydroxylation sites is 1. The molecule has 0 unspecified atom stereocenters. The summed E-state index contributed by atoms with van der Waals surface area (Å²) in [7, 11) is 1.85. The van der Waals surface area contributed by atoms with Gasteiger partial charge in [0.1, 0.15) is 5.82 Å². The molecule has 1 N–H and O–H groups in total. The molecular weight excluding hydrogens is 314 g/mol. The highest BCUT2D eigenvalue weighted by Crippen LogP contribution is 2.16. The summed E-state index contributed by atoms with van der Waals surface area (Å²) in [6.45, 7) is 5.65. The van der Waals surface area contributed by atoms with Crippen LogP contribution < -0.4 is 10.2 Å². The number of nitrogens with zero attached hydrogens (tertiary/aromatic N) is 6. The van der Waals surface area contributed by atoms with Crippen molar-refractivity contribution in [2.45, 2.75) is 25.9 Å². The monoisotopic (exact) mass is 339 g/mol. The van der Waals surface area contributed by atoms with Crippen molar-refractivity contribution in [1.29, 1.82) is 0 Å². The predicted molar refractivity (Wildman–Crippen MR) is 98.8 cm³/mol. The van der Waals surface area contributed by atoms with Crippen LogP contribution in [-0.2, 0) is 19.5 Å². The maximum absolute atomic E-state index is 4.46. The Morgan fingerprint density at radius 3 is 2.64 bits per heavy atom. The minimum Gasteiger partial charge on any atom is -0.368 e. The molecular formula is C18H25N7. The fourth-order valence-electron chi connectivity index (χ4n) is 3.65. The third-order valence-corrected chi connectivity index (χ3v) is 5.00. The molecule has 1 aromatic heterocycles. The Labute approximate surface area is 148 Å². The lowest BCUT2D eigenvalue weighted by Gasteiger charge is -2.37. The number of nitrogens with one attached hydrogen (secondary N) is 1. The fourth-order valence-corrected chi connectivity index (χ4v) is 3.65. The van der Waals surface area contributed by atoms with E-state index in [2.05, 4.69) is 65.2 Å². The van der Waals surface area contributed by atoms with Gasteiger partial charge in [-0.25, -0.2) is 0 Å². The van der Waals surface area contributed by atoms with E-state index in [1.54, 1.807) is 0 Å². The second kappa shape index (κ2) is 7.13. The summed E-state index contributed by atoms with van der Waals surface area (Å²) in [4.78, 5) is 9.20. The molecule has 2 aliphatic heterocycles. The number of fused-ring (bicyclic) bond motifs is 1. The minimum absolute atomic E-state index is 0.679. The molecule has 0 amide bonds. The first kappa shape index (κ1) is 15.9. The molecule has 0 bridgehead atoms. The molecule has 0 saturated carbocycles. The van der Waals surface area contributed by atoms with Crippen molar-refractivity contribution in [3.63, 3.8) is 0 Å². The largest absolute Gasteiger partial charge is 0.368 e. The Bertz CT molecular complexity index is 729. The molecule has 4 rings (SSSR count). The predicted octanol–water partition coefficient (Wildman–Crippen LogP) is 1.12. The van der Waals surface area contributed by atoms with Crippen LogP contribution in [0.5, 0.6) is 0 Å². The summed E-state index contributed by atoms with van der Waals surface area (Å²) in [5.74, 6) is 3.07. The number of hydrogen-bond donors (Lipinski definition) is 1. The molecule has 132 valence electrons. The Morgan fingerprint density at radius 2 is 1.88 bits per heavy atom. The van der Waals surface area contributed by atoms with Crippen LogP contribution in [0, 0.1) is 0 Å². The Hall–Kier alpha value is -2.57. The van der Waals surface area contributed by atoms with Gasteiger partial charge in [0.05, 0.1) is 6.54 Å². The van der Waals surface area contributed by atoms with E-state index in [-0.39, 0.29) is 0 Å². The Morgan fingerprint density at radius 1 is 1.08 bits per heavy atom. The topological polar surface area (TPSA) is 61.6 Å². The molecule has 7 nitrogen and oxygen atoms in total. The van der Waals surface area contributed by atoms with Crippen molar-refractivity contribution in [2.75, 3.05) is 38.1 Å². The summed E-state index contributed by atoms with van der Waals surface area (Å²) in [6, 6.07) is 10.6. The van der Waals surface area contributed by atoms with E-state index in [0.29, 0.717) is 6.54 Å². The molecule has 1 saturated heterocycles. The Balaban J connectivity index is 1.33.